The summed E-state index contributed by atoms with van der Waals surface area (Å²) in [5.41, 5.74) is 1.25. The van der Waals surface area contributed by atoms with Gasteiger partial charge in [0.1, 0.15) is 0 Å². The molecule has 13 heavy (non-hydrogen) atoms. The molecule has 0 radical (unpaired) electrons. The van der Waals surface area contributed by atoms with Gasteiger partial charge in [-0.3, -0.25) is 0 Å². The van der Waals surface area contributed by atoms with Crippen LogP contribution in [0.4, 0.5) is 0 Å². The van der Waals surface area contributed by atoms with Crippen LogP contribution < -0.4 is 5.32 Å². The highest BCUT2D eigenvalue weighted by Crippen LogP contribution is 2.28. The van der Waals surface area contributed by atoms with Crippen LogP contribution in [-0.4, -0.2) is 6.54 Å². The molecule has 1 N–H and O–H groups in total. The van der Waals surface area contributed by atoms with Crippen molar-refractivity contribution in [1.29, 1.82) is 0 Å². The summed E-state index contributed by atoms with van der Waals surface area (Å²) in [4.78, 5) is 0. The van der Waals surface area contributed by atoms with Gasteiger partial charge in [-0.1, -0.05) is 29.8 Å². The standard InChI is InChI=1S/C10H12ClN.ClH/c11-9-5-2-1-4-8(9)10-6-3-7-12-10;/h1-2,4-5,10,12H,3,6-7H2;1H/t10-;/m1./s1. The lowest BCUT2D eigenvalue weighted by molar-refractivity contribution is 0.648. The van der Waals surface area contributed by atoms with E-state index in [4.69, 9.17) is 11.6 Å². The second kappa shape index (κ2) is 4.85. The van der Waals surface area contributed by atoms with Crippen molar-refractivity contribution in [2.45, 2.75) is 18.9 Å². The van der Waals surface area contributed by atoms with Crippen LogP contribution in [0.2, 0.25) is 5.02 Å². The molecule has 1 atom stereocenters. The van der Waals surface area contributed by atoms with Gasteiger partial charge in [0.15, 0.2) is 0 Å². The van der Waals surface area contributed by atoms with Crippen LogP contribution in [0.15, 0.2) is 24.3 Å². The number of hydrogen-bond donors (Lipinski definition) is 1. The Morgan fingerprint density at radius 3 is 2.69 bits per heavy atom. The van der Waals surface area contributed by atoms with E-state index in [1.54, 1.807) is 0 Å². The molecule has 0 bridgehead atoms. The molecule has 1 aromatic rings. The maximum atomic E-state index is 6.06. The number of benzene rings is 1. The Kier molecular flexibility index (Phi) is 4.04. The van der Waals surface area contributed by atoms with Crippen molar-refractivity contribution in [2.24, 2.45) is 0 Å². The fourth-order valence-electron chi connectivity index (χ4n) is 1.71. The second-order valence-electron chi connectivity index (χ2n) is 3.17. The first-order valence-corrected chi connectivity index (χ1v) is 4.73. The fraction of sp³-hybridized carbons (Fsp3) is 0.400. The smallest absolute Gasteiger partial charge is 0.0453 e. The molecule has 0 spiro atoms. The summed E-state index contributed by atoms with van der Waals surface area (Å²) in [7, 11) is 0. The molecule has 0 aliphatic carbocycles. The van der Waals surface area contributed by atoms with E-state index in [1.165, 1.54) is 18.4 Å². The van der Waals surface area contributed by atoms with E-state index in [1.807, 2.05) is 18.2 Å². The SMILES string of the molecule is Cl.Clc1ccccc1[C@H]1CCCN1. The first kappa shape index (κ1) is 10.8. The average Bonchev–Trinajstić information content (AvgIpc) is 2.57. The maximum Gasteiger partial charge on any atom is 0.0453 e. The molecule has 1 aliphatic heterocycles. The van der Waals surface area contributed by atoms with Gasteiger partial charge in [-0.25, -0.2) is 0 Å². The minimum absolute atomic E-state index is 0. The second-order valence-corrected chi connectivity index (χ2v) is 3.58. The van der Waals surface area contributed by atoms with Crippen LogP contribution in [0.5, 0.6) is 0 Å². The monoisotopic (exact) mass is 217 g/mol. The van der Waals surface area contributed by atoms with Crippen molar-refractivity contribution in [3.05, 3.63) is 34.9 Å². The fourth-order valence-corrected chi connectivity index (χ4v) is 1.98. The molecule has 1 aromatic carbocycles. The van der Waals surface area contributed by atoms with Gasteiger partial charge in [-0.05, 0) is 31.0 Å². The highest BCUT2D eigenvalue weighted by atomic mass is 35.5. The van der Waals surface area contributed by atoms with E-state index in [0.717, 1.165) is 11.6 Å². The van der Waals surface area contributed by atoms with Gasteiger partial charge in [0.25, 0.3) is 0 Å². The molecule has 0 aromatic heterocycles. The molecule has 0 amide bonds. The molecule has 1 nitrogen and oxygen atoms in total. The Bertz CT molecular complexity index is 269. The number of rotatable bonds is 1. The zero-order chi connectivity index (χ0) is 8.39. The minimum Gasteiger partial charge on any atom is -0.310 e. The van der Waals surface area contributed by atoms with Crippen molar-refractivity contribution in [3.8, 4) is 0 Å². The number of nitrogens with one attached hydrogen (secondary N) is 1. The highest BCUT2D eigenvalue weighted by Gasteiger charge is 2.17. The van der Waals surface area contributed by atoms with E-state index in [-0.39, 0.29) is 12.4 Å². The molecule has 1 heterocycles. The number of halogens is 2. The molecule has 72 valence electrons. The van der Waals surface area contributed by atoms with Crippen molar-refractivity contribution < 1.29 is 0 Å². The molecule has 2 rings (SSSR count). The third-order valence-corrected chi connectivity index (χ3v) is 2.69. The summed E-state index contributed by atoms with van der Waals surface area (Å²) in [6.07, 6.45) is 2.47. The van der Waals surface area contributed by atoms with Gasteiger partial charge in [0, 0.05) is 11.1 Å². The van der Waals surface area contributed by atoms with E-state index in [9.17, 15) is 0 Å². The van der Waals surface area contributed by atoms with Gasteiger partial charge >= 0.3 is 0 Å². The first-order chi connectivity index (χ1) is 5.88. The predicted molar refractivity (Wildman–Crippen MR) is 58.7 cm³/mol. The molecule has 1 aliphatic rings. The molecule has 1 saturated heterocycles. The first-order valence-electron chi connectivity index (χ1n) is 4.36. The van der Waals surface area contributed by atoms with Crippen LogP contribution in [0.1, 0.15) is 24.4 Å². The van der Waals surface area contributed by atoms with Crippen molar-refractivity contribution in [1.82, 2.24) is 5.32 Å². The number of hydrogen-bond acceptors (Lipinski definition) is 1. The van der Waals surface area contributed by atoms with Gasteiger partial charge in [0.05, 0.1) is 0 Å². The van der Waals surface area contributed by atoms with E-state index < -0.39 is 0 Å². The highest BCUT2D eigenvalue weighted by molar-refractivity contribution is 6.31. The Labute approximate surface area is 89.9 Å². The summed E-state index contributed by atoms with van der Waals surface area (Å²) >= 11 is 6.06. The average molecular weight is 218 g/mol. The van der Waals surface area contributed by atoms with Crippen LogP contribution in [-0.2, 0) is 0 Å². The van der Waals surface area contributed by atoms with Gasteiger partial charge in [-0.15, -0.1) is 12.4 Å². The Hall–Kier alpha value is -0.240. The van der Waals surface area contributed by atoms with Crippen LogP contribution in [0.3, 0.4) is 0 Å². The lowest BCUT2D eigenvalue weighted by Crippen LogP contribution is -2.12. The third-order valence-electron chi connectivity index (χ3n) is 2.34. The Morgan fingerprint density at radius 2 is 2.08 bits per heavy atom. The van der Waals surface area contributed by atoms with E-state index in [0.29, 0.717) is 6.04 Å². The third kappa shape index (κ3) is 2.37. The molecule has 3 heteroatoms. The van der Waals surface area contributed by atoms with Crippen LogP contribution >= 0.6 is 24.0 Å². The molecule has 0 saturated carbocycles. The van der Waals surface area contributed by atoms with Gasteiger partial charge in [0.2, 0.25) is 0 Å². The van der Waals surface area contributed by atoms with E-state index in [2.05, 4.69) is 11.4 Å². The van der Waals surface area contributed by atoms with Crippen LogP contribution in [0, 0.1) is 0 Å². The zero-order valence-corrected chi connectivity index (χ0v) is 8.87. The largest absolute Gasteiger partial charge is 0.310 e. The van der Waals surface area contributed by atoms with Gasteiger partial charge < -0.3 is 5.32 Å². The summed E-state index contributed by atoms with van der Waals surface area (Å²) < 4.78 is 0. The molecule has 0 unspecified atom stereocenters. The van der Waals surface area contributed by atoms with Crippen molar-refractivity contribution >= 4 is 24.0 Å². The quantitative estimate of drug-likeness (QED) is 0.763. The summed E-state index contributed by atoms with van der Waals surface area (Å²) in [5, 5.41) is 4.32. The minimum atomic E-state index is 0. The topological polar surface area (TPSA) is 12.0 Å². The Morgan fingerprint density at radius 1 is 1.31 bits per heavy atom. The zero-order valence-electron chi connectivity index (χ0n) is 7.29. The van der Waals surface area contributed by atoms with E-state index >= 15 is 0 Å². The lowest BCUT2D eigenvalue weighted by atomic mass is 10.1. The summed E-state index contributed by atoms with van der Waals surface area (Å²) in [5.74, 6) is 0. The van der Waals surface area contributed by atoms with Crippen molar-refractivity contribution in [2.75, 3.05) is 6.54 Å². The molecule has 1 fully saturated rings. The van der Waals surface area contributed by atoms with Crippen molar-refractivity contribution in [3.63, 3.8) is 0 Å². The lowest BCUT2D eigenvalue weighted by Gasteiger charge is -2.11. The predicted octanol–water partition coefficient (Wildman–Crippen LogP) is 3.19. The summed E-state index contributed by atoms with van der Waals surface area (Å²) in [6, 6.07) is 8.56. The summed E-state index contributed by atoms with van der Waals surface area (Å²) in [6.45, 7) is 1.12. The van der Waals surface area contributed by atoms with Crippen LogP contribution in [0.25, 0.3) is 0 Å². The Balaban J connectivity index is 0.000000845. The molecular weight excluding hydrogens is 205 g/mol. The van der Waals surface area contributed by atoms with Gasteiger partial charge in [-0.2, -0.15) is 0 Å². The maximum absolute atomic E-state index is 6.06. The molecular formula is C10H13Cl2N. The normalized spacial score (nSPS) is 21.2.